The number of hydrogen-bond acceptors (Lipinski definition) is 1. The summed E-state index contributed by atoms with van der Waals surface area (Å²) >= 11 is 0. The van der Waals surface area contributed by atoms with Gasteiger partial charge in [-0.1, -0.05) is 68.1 Å². The van der Waals surface area contributed by atoms with Crippen molar-refractivity contribution in [3.05, 3.63) is 90.5 Å². The Labute approximate surface area is 296 Å². The molecule has 2 heteroatoms. The van der Waals surface area contributed by atoms with Crippen molar-refractivity contribution in [2.24, 2.45) is 59.2 Å². The van der Waals surface area contributed by atoms with Gasteiger partial charge in [0.2, 0.25) is 0 Å². The fourth-order valence-corrected chi connectivity index (χ4v) is 14.9. The molecule has 0 N–H and O–H groups in total. The summed E-state index contributed by atoms with van der Waals surface area (Å²) in [6, 6.07) is 31.8. The van der Waals surface area contributed by atoms with E-state index >= 15 is 0 Å². The van der Waals surface area contributed by atoms with Crippen LogP contribution in [-0.4, -0.2) is 4.57 Å². The van der Waals surface area contributed by atoms with Gasteiger partial charge < -0.3 is 8.98 Å². The van der Waals surface area contributed by atoms with Gasteiger partial charge in [0.05, 0.1) is 11.0 Å². The van der Waals surface area contributed by atoms with Gasteiger partial charge in [-0.05, 0) is 171 Å². The minimum atomic E-state index is 0.688. The molecule has 50 heavy (non-hydrogen) atoms. The van der Waals surface area contributed by atoms with Crippen LogP contribution in [0.5, 0.6) is 0 Å². The summed E-state index contributed by atoms with van der Waals surface area (Å²) in [5.74, 6) is 11.2. The van der Waals surface area contributed by atoms with Crippen molar-refractivity contribution in [1.29, 1.82) is 0 Å². The molecule has 6 fully saturated rings. The van der Waals surface area contributed by atoms with E-state index in [1.54, 1.807) is 44.1 Å². The third-order valence-corrected chi connectivity index (χ3v) is 16.4. The molecule has 0 aliphatic heterocycles. The summed E-state index contributed by atoms with van der Waals surface area (Å²) in [6.07, 6.45) is 19.8. The van der Waals surface area contributed by atoms with Gasteiger partial charge in [0.15, 0.2) is 0 Å². The molecule has 4 aromatic carbocycles. The lowest BCUT2D eigenvalue weighted by atomic mass is 9.37. The van der Waals surface area contributed by atoms with Crippen molar-refractivity contribution in [1.82, 2.24) is 4.57 Å². The molecule has 0 saturated heterocycles. The Bertz CT molecular complexity index is 2220. The van der Waals surface area contributed by atoms with Crippen molar-refractivity contribution in [3.8, 4) is 5.69 Å². The highest BCUT2D eigenvalue weighted by Gasteiger charge is 2.62. The molecule has 6 aliphatic carbocycles. The number of nitrogens with zero attached hydrogens (tertiary/aromatic N) is 1. The molecule has 6 saturated carbocycles. The van der Waals surface area contributed by atoms with Gasteiger partial charge in [0.1, 0.15) is 11.2 Å². The molecule has 2 aromatic heterocycles. The number of rotatable bonds is 2. The van der Waals surface area contributed by atoms with Crippen molar-refractivity contribution in [2.75, 3.05) is 0 Å². The van der Waals surface area contributed by atoms with E-state index in [1.807, 2.05) is 0 Å². The van der Waals surface area contributed by atoms with Crippen molar-refractivity contribution < 1.29 is 4.42 Å². The van der Waals surface area contributed by atoms with Crippen molar-refractivity contribution >= 4 is 43.7 Å². The number of hydrogen-bond donors (Lipinski definition) is 0. The van der Waals surface area contributed by atoms with Gasteiger partial charge in [-0.15, -0.1) is 0 Å². The zero-order valence-corrected chi connectivity index (χ0v) is 29.5. The number of fused-ring (bicyclic) bond motifs is 12. The monoisotopic (exact) mass is 657 g/mol. The van der Waals surface area contributed by atoms with Gasteiger partial charge in [0, 0.05) is 27.2 Å². The van der Waals surface area contributed by atoms with Gasteiger partial charge in [-0.2, -0.15) is 0 Å². The standard InChI is InChI=1S/C48H51NO/c1-2-10-32-31(9-1)36-13-7-15-38-33-22-19-28(25-40(33)39-16-8-14-37(32)48(39)47(36)38)29-20-23-45-41(26-29)42-27-30(21-24-46(42)50-45)49-43-17-5-3-11-34(43)35-12-4-6-18-44(35)49/h3-6,11-12,17-18,20-21,23-24,26-28,31-33,36-40,47-48H,1-2,7-10,13-16,19,22,25H2. The zero-order chi connectivity index (χ0) is 32.5. The third-order valence-electron chi connectivity index (χ3n) is 16.4. The Hall–Kier alpha value is -3.52. The second kappa shape index (κ2) is 11.0. The first-order valence-corrected chi connectivity index (χ1v) is 20.7. The van der Waals surface area contributed by atoms with E-state index in [2.05, 4.69) is 89.5 Å². The average Bonchev–Trinajstić information content (AvgIpc) is 3.72. The van der Waals surface area contributed by atoms with Gasteiger partial charge in [-0.25, -0.2) is 0 Å². The molecule has 0 amide bonds. The fourth-order valence-electron chi connectivity index (χ4n) is 14.9. The number of benzene rings is 4. The summed E-state index contributed by atoms with van der Waals surface area (Å²) in [5, 5.41) is 5.18. The summed E-state index contributed by atoms with van der Waals surface area (Å²) in [7, 11) is 0. The van der Waals surface area contributed by atoms with E-state index in [0.29, 0.717) is 5.92 Å². The minimum absolute atomic E-state index is 0.688. The van der Waals surface area contributed by atoms with Crippen LogP contribution in [0.4, 0.5) is 0 Å². The maximum Gasteiger partial charge on any atom is 0.135 e. The Morgan fingerprint density at radius 3 is 1.64 bits per heavy atom. The highest BCUT2D eigenvalue weighted by Crippen LogP contribution is 2.69. The molecule has 6 aromatic rings. The van der Waals surface area contributed by atoms with Crippen LogP contribution >= 0.6 is 0 Å². The van der Waals surface area contributed by atoms with Crippen LogP contribution in [0.2, 0.25) is 0 Å². The molecular weight excluding hydrogens is 607 g/mol. The van der Waals surface area contributed by atoms with Crippen LogP contribution in [-0.2, 0) is 0 Å². The van der Waals surface area contributed by atoms with Crippen LogP contribution in [0.3, 0.4) is 0 Å². The Morgan fingerprint density at radius 2 is 0.980 bits per heavy atom. The quantitative estimate of drug-likeness (QED) is 0.181. The largest absolute Gasteiger partial charge is 0.456 e. The molecule has 12 rings (SSSR count). The fraction of sp³-hybridized carbons (Fsp3) is 0.500. The van der Waals surface area contributed by atoms with Gasteiger partial charge in [-0.3, -0.25) is 0 Å². The lowest BCUT2D eigenvalue weighted by molar-refractivity contribution is -0.188. The summed E-state index contributed by atoms with van der Waals surface area (Å²) in [5.41, 5.74) is 7.35. The van der Waals surface area contributed by atoms with E-state index < -0.39 is 0 Å². The molecule has 0 bridgehead atoms. The number of para-hydroxylation sites is 2. The van der Waals surface area contributed by atoms with Crippen molar-refractivity contribution in [2.45, 2.75) is 89.4 Å². The smallest absolute Gasteiger partial charge is 0.135 e. The summed E-state index contributed by atoms with van der Waals surface area (Å²) < 4.78 is 8.96. The number of furan rings is 1. The molecule has 2 heterocycles. The predicted molar refractivity (Wildman–Crippen MR) is 206 cm³/mol. The molecule has 0 spiro atoms. The van der Waals surface area contributed by atoms with E-state index in [1.165, 1.54) is 83.2 Å². The Kier molecular flexibility index (Phi) is 6.40. The van der Waals surface area contributed by atoms with Gasteiger partial charge in [0.25, 0.3) is 0 Å². The first-order chi connectivity index (χ1) is 24.8. The first kappa shape index (κ1) is 29.1. The second-order valence-electron chi connectivity index (χ2n) is 18.0. The molecular formula is C48H51NO. The molecule has 11 unspecified atom stereocenters. The maximum atomic E-state index is 6.52. The lowest BCUT2D eigenvalue weighted by Crippen LogP contribution is -2.61. The van der Waals surface area contributed by atoms with Gasteiger partial charge >= 0.3 is 0 Å². The van der Waals surface area contributed by atoms with Crippen LogP contribution in [0.1, 0.15) is 95.0 Å². The molecule has 0 radical (unpaired) electrons. The van der Waals surface area contributed by atoms with Crippen molar-refractivity contribution in [3.63, 3.8) is 0 Å². The highest BCUT2D eigenvalue weighted by molar-refractivity contribution is 6.10. The van der Waals surface area contributed by atoms with E-state index in [-0.39, 0.29) is 0 Å². The summed E-state index contributed by atoms with van der Waals surface area (Å²) in [6.45, 7) is 0. The lowest BCUT2D eigenvalue weighted by Gasteiger charge is -2.67. The average molecular weight is 658 g/mol. The Morgan fingerprint density at radius 1 is 0.440 bits per heavy atom. The topological polar surface area (TPSA) is 18.1 Å². The molecule has 254 valence electrons. The summed E-state index contributed by atoms with van der Waals surface area (Å²) in [4.78, 5) is 0. The SMILES string of the molecule is c1ccc2c(c1)c1ccccc1n2-c1ccc2oc3ccc(C4CCC5C(C4)C4CCCC6C7CCCCC7C7CCCC5C7C64)cc3c2c1. The molecule has 11 atom stereocenters. The minimum Gasteiger partial charge on any atom is -0.456 e. The second-order valence-corrected chi connectivity index (χ2v) is 18.0. The van der Waals surface area contributed by atoms with E-state index in [9.17, 15) is 0 Å². The molecule has 2 nitrogen and oxygen atoms in total. The normalized spacial score (nSPS) is 36.4. The van der Waals surface area contributed by atoms with E-state index in [4.69, 9.17) is 4.42 Å². The third kappa shape index (κ3) is 4.03. The van der Waals surface area contributed by atoms with Crippen LogP contribution in [0, 0.1) is 59.2 Å². The highest BCUT2D eigenvalue weighted by atomic mass is 16.3. The first-order valence-electron chi connectivity index (χ1n) is 20.7. The van der Waals surface area contributed by atoms with E-state index in [0.717, 1.165) is 70.3 Å². The molecule has 6 aliphatic rings. The predicted octanol–water partition coefficient (Wildman–Crippen LogP) is 13.1. The Balaban J connectivity index is 0.913. The van der Waals surface area contributed by atoms with Crippen LogP contribution in [0.25, 0.3) is 49.4 Å². The number of aromatic nitrogens is 1. The maximum absolute atomic E-state index is 6.52. The zero-order valence-electron chi connectivity index (χ0n) is 29.5. The van der Waals surface area contributed by atoms with Crippen LogP contribution < -0.4 is 0 Å². The van der Waals surface area contributed by atoms with Crippen LogP contribution in [0.15, 0.2) is 89.3 Å².